The van der Waals surface area contributed by atoms with E-state index in [0.29, 0.717) is 43.2 Å². The molecule has 0 spiro atoms. The minimum atomic E-state index is -2.53. The second kappa shape index (κ2) is 19.6. The van der Waals surface area contributed by atoms with Crippen molar-refractivity contribution in [2.75, 3.05) is 26.2 Å². The number of amides is 6. The van der Waals surface area contributed by atoms with Crippen molar-refractivity contribution in [1.82, 2.24) is 25.3 Å². The zero-order valence-electron chi connectivity index (χ0n) is 31.7. The van der Waals surface area contributed by atoms with Crippen LogP contribution in [0.1, 0.15) is 118 Å². The van der Waals surface area contributed by atoms with E-state index in [1.54, 1.807) is 13.8 Å². The van der Waals surface area contributed by atoms with E-state index in [9.17, 15) is 43.8 Å². The molecule has 6 atom stereocenters. The van der Waals surface area contributed by atoms with Gasteiger partial charge in [0.15, 0.2) is 5.54 Å². The van der Waals surface area contributed by atoms with Gasteiger partial charge in [0.25, 0.3) is 29.5 Å². The van der Waals surface area contributed by atoms with Gasteiger partial charge in [0.2, 0.25) is 5.91 Å². The molecule has 1 aliphatic carbocycles. The predicted molar refractivity (Wildman–Crippen MR) is 192 cm³/mol. The standard InChI is InChI=1S/C37H62N6O9/c1-6-17-39-31(25(5)44)34(50)43(33(49)30(23(2)3)40-28(45)21-24(4)26-14-9-7-10-15-26)32(48)27-16-13-20-42(27)36(52)37(38,22-29(46)47)35(51)41-18-11-8-12-19-41/h23-27,30-31,39,44H,6-22,38H2,1-5H3,(H,40,45)(H,46,47). The Hall–Kier alpha value is -3.43. The summed E-state index contributed by atoms with van der Waals surface area (Å²) >= 11 is 0. The molecule has 0 aromatic carbocycles. The summed E-state index contributed by atoms with van der Waals surface area (Å²) < 4.78 is 0. The van der Waals surface area contributed by atoms with Crippen LogP contribution in [0.2, 0.25) is 0 Å². The number of aliphatic hydroxyl groups is 1. The highest BCUT2D eigenvalue weighted by Crippen LogP contribution is 2.32. The number of nitrogens with one attached hydrogen (secondary N) is 2. The predicted octanol–water partition coefficient (Wildman–Crippen LogP) is 1.54. The van der Waals surface area contributed by atoms with Crippen LogP contribution in [-0.4, -0.2) is 122 Å². The first-order valence-electron chi connectivity index (χ1n) is 19.3. The summed E-state index contributed by atoms with van der Waals surface area (Å²) in [6, 6.07) is -4.12. The first-order chi connectivity index (χ1) is 24.5. The van der Waals surface area contributed by atoms with E-state index in [-0.39, 0.29) is 38.3 Å². The smallest absolute Gasteiger partial charge is 0.306 e. The van der Waals surface area contributed by atoms with E-state index in [4.69, 9.17) is 5.73 Å². The number of aliphatic hydroxyl groups excluding tert-OH is 1. The number of carboxylic acids is 1. The van der Waals surface area contributed by atoms with Crippen molar-refractivity contribution in [3.8, 4) is 0 Å². The van der Waals surface area contributed by atoms with Crippen LogP contribution in [0.4, 0.5) is 0 Å². The van der Waals surface area contributed by atoms with E-state index < -0.39 is 83.5 Å². The fourth-order valence-corrected chi connectivity index (χ4v) is 7.81. The average Bonchev–Trinajstić information content (AvgIpc) is 3.60. The zero-order chi connectivity index (χ0) is 38.7. The number of likely N-dealkylation sites (tertiary alicyclic amines) is 2. The number of imide groups is 3. The van der Waals surface area contributed by atoms with Gasteiger partial charge in [0.05, 0.1) is 12.5 Å². The quantitative estimate of drug-likeness (QED) is 0.143. The highest BCUT2D eigenvalue weighted by atomic mass is 16.4. The number of hydrogen-bond donors (Lipinski definition) is 5. The van der Waals surface area contributed by atoms with Gasteiger partial charge in [-0.05, 0) is 69.7 Å². The number of carboxylic acid groups (broad SMARTS) is 1. The van der Waals surface area contributed by atoms with Crippen molar-refractivity contribution in [2.45, 2.75) is 148 Å². The van der Waals surface area contributed by atoms with E-state index >= 15 is 0 Å². The molecule has 52 heavy (non-hydrogen) atoms. The lowest BCUT2D eigenvalue weighted by molar-refractivity contribution is -0.164. The van der Waals surface area contributed by atoms with E-state index in [2.05, 4.69) is 10.6 Å². The molecule has 0 radical (unpaired) electrons. The second-order valence-corrected chi connectivity index (χ2v) is 15.4. The first-order valence-corrected chi connectivity index (χ1v) is 19.3. The third kappa shape index (κ3) is 10.6. The van der Waals surface area contributed by atoms with Crippen LogP contribution in [0, 0.1) is 17.8 Å². The van der Waals surface area contributed by atoms with Gasteiger partial charge >= 0.3 is 5.97 Å². The molecule has 3 rings (SSSR count). The molecule has 3 fully saturated rings. The summed E-state index contributed by atoms with van der Waals surface area (Å²) in [5.41, 5.74) is 3.89. The Morgan fingerprint density at radius 3 is 1.98 bits per heavy atom. The lowest BCUT2D eigenvalue weighted by Gasteiger charge is -2.39. The van der Waals surface area contributed by atoms with Gasteiger partial charge in [0, 0.05) is 26.1 Å². The van der Waals surface area contributed by atoms with Gasteiger partial charge in [-0.1, -0.05) is 59.8 Å². The van der Waals surface area contributed by atoms with Crippen LogP contribution in [0.15, 0.2) is 0 Å². The second-order valence-electron chi connectivity index (χ2n) is 15.4. The van der Waals surface area contributed by atoms with Crippen LogP contribution >= 0.6 is 0 Å². The molecule has 2 saturated heterocycles. The lowest BCUT2D eigenvalue weighted by Crippen LogP contribution is -2.68. The monoisotopic (exact) mass is 734 g/mol. The molecule has 2 heterocycles. The Morgan fingerprint density at radius 2 is 1.42 bits per heavy atom. The van der Waals surface area contributed by atoms with Gasteiger partial charge in [-0.2, -0.15) is 0 Å². The summed E-state index contributed by atoms with van der Waals surface area (Å²) in [6.07, 6.45) is 6.26. The van der Waals surface area contributed by atoms with Gasteiger partial charge < -0.3 is 36.4 Å². The SMILES string of the molecule is CCCNC(C(=O)N(C(=O)C(NC(=O)CC(C)C1CCCCC1)C(C)C)C(=O)C1CCCN1C(=O)C(N)(CC(=O)O)C(=O)N1CCCCC1)C(C)O. The molecule has 6 amide bonds. The van der Waals surface area contributed by atoms with E-state index in [1.807, 2.05) is 13.8 Å². The molecule has 3 aliphatic rings. The molecule has 0 aromatic rings. The van der Waals surface area contributed by atoms with Crippen LogP contribution in [-0.2, 0) is 33.6 Å². The maximum absolute atomic E-state index is 14.6. The van der Waals surface area contributed by atoms with Gasteiger partial charge in [-0.25, -0.2) is 4.90 Å². The van der Waals surface area contributed by atoms with Crippen molar-refractivity contribution in [1.29, 1.82) is 0 Å². The number of rotatable bonds is 16. The first kappa shape index (κ1) is 43.0. The number of piperidine rings is 1. The fraction of sp³-hybridized carbons (Fsp3) is 0.811. The van der Waals surface area contributed by atoms with Crippen molar-refractivity contribution in [2.24, 2.45) is 23.5 Å². The number of hydrogen-bond acceptors (Lipinski definition) is 10. The molecule has 1 saturated carbocycles. The molecule has 0 aromatic heterocycles. The maximum Gasteiger partial charge on any atom is 0.306 e. The van der Waals surface area contributed by atoms with Crippen LogP contribution < -0.4 is 16.4 Å². The maximum atomic E-state index is 14.6. The van der Waals surface area contributed by atoms with Crippen LogP contribution in [0.5, 0.6) is 0 Å². The Labute approximate surface area is 307 Å². The summed E-state index contributed by atoms with van der Waals surface area (Å²) in [5, 5.41) is 26.1. The van der Waals surface area contributed by atoms with Gasteiger partial charge in [-0.3, -0.25) is 33.6 Å². The Bertz CT molecular complexity index is 1300. The van der Waals surface area contributed by atoms with E-state index in [0.717, 1.165) is 37.0 Å². The molecule has 15 nitrogen and oxygen atoms in total. The Kier molecular flexibility index (Phi) is 16.2. The van der Waals surface area contributed by atoms with Gasteiger partial charge in [-0.15, -0.1) is 0 Å². The minimum absolute atomic E-state index is 0.00201. The molecule has 6 unspecified atom stereocenters. The highest BCUT2D eigenvalue weighted by Gasteiger charge is 2.53. The highest BCUT2D eigenvalue weighted by molar-refractivity contribution is 6.17. The molecule has 6 N–H and O–H groups in total. The average molecular weight is 735 g/mol. The molecule has 0 bridgehead atoms. The number of carbonyl (C=O) groups excluding carboxylic acids is 6. The van der Waals surface area contributed by atoms with Crippen molar-refractivity contribution >= 4 is 41.4 Å². The van der Waals surface area contributed by atoms with Gasteiger partial charge in [0.1, 0.15) is 18.1 Å². The Morgan fingerprint density at radius 1 is 0.827 bits per heavy atom. The summed E-state index contributed by atoms with van der Waals surface area (Å²) in [5.74, 6) is -7.07. The summed E-state index contributed by atoms with van der Waals surface area (Å²) in [6.45, 7) is 9.35. The number of aliphatic carboxylic acids is 1. The summed E-state index contributed by atoms with van der Waals surface area (Å²) in [4.78, 5) is 99.4. The van der Waals surface area contributed by atoms with Crippen molar-refractivity contribution in [3.63, 3.8) is 0 Å². The number of nitrogens with two attached hydrogens (primary N) is 1. The molecular formula is C37H62N6O9. The molecule has 15 heteroatoms. The molecule has 2 aliphatic heterocycles. The fourth-order valence-electron chi connectivity index (χ4n) is 7.81. The van der Waals surface area contributed by atoms with Crippen molar-refractivity contribution in [3.05, 3.63) is 0 Å². The topological polar surface area (TPSA) is 220 Å². The van der Waals surface area contributed by atoms with Crippen LogP contribution in [0.25, 0.3) is 0 Å². The zero-order valence-corrected chi connectivity index (χ0v) is 31.7. The number of nitrogens with zero attached hydrogens (tertiary/aromatic N) is 3. The lowest BCUT2D eigenvalue weighted by atomic mass is 9.79. The molecule has 294 valence electrons. The normalized spacial score (nSPS) is 21.8. The third-order valence-electron chi connectivity index (χ3n) is 10.9. The van der Waals surface area contributed by atoms with Crippen LogP contribution in [0.3, 0.4) is 0 Å². The third-order valence-corrected chi connectivity index (χ3v) is 10.9. The largest absolute Gasteiger partial charge is 0.481 e. The number of carbonyl (C=O) groups is 7. The molecular weight excluding hydrogens is 672 g/mol. The van der Waals surface area contributed by atoms with Crippen molar-refractivity contribution < 1.29 is 43.8 Å². The van der Waals surface area contributed by atoms with E-state index in [1.165, 1.54) is 18.2 Å². The minimum Gasteiger partial charge on any atom is -0.481 e. The Balaban J connectivity index is 1.98. The summed E-state index contributed by atoms with van der Waals surface area (Å²) in [7, 11) is 0.